The second-order valence-corrected chi connectivity index (χ2v) is 11.7. The molecule has 0 radical (unpaired) electrons. The third-order valence-corrected chi connectivity index (χ3v) is 7.35. The van der Waals surface area contributed by atoms with Crippen LogP contribution in [0, 0.1) is 28.6 Å². The van der Waals surface area contributed by atoms with E-state index >= 15 is 0 Å². The van der Waals surface area contributed by atoms with Crippen LogP contribution >= 0.6 is 0 Å². The summed E-state index contributed by atoms with van der Waals surface area (Å²) in [6, 6.07) is -2.67. The fraction of sp³-hybridized carbons (Fsp3) is 0.792. The first-order valence-corrected chi connectivity index (χ1v) is 12.4. The molecular weight excluding hydrogens is 517 g/mol. The quantitative estimate of drug-likeness (QED) is 0.325. The van der Waals surface area contributed by atoms with Gasteiger partial charge in [-0.15, -0.1) is 0 Å². The number of amides is 4. The SMILES string of the molecule is CC(C)(C)C(NC(=O)C(F)(F)F)C(=O)NC(CC1CC1(F)F)C(=O)NC(C#N)CC1CCC2(CC2)NC1=O.[HH].[HH]. The van der Waals surface area contributed by atoms with Gasteiger partial charge < -0.3 is 21.3 Å². The van der Waals surface area contributed by atoms with Gasteiger partial charge in [-0.3, -0.25) is 19.2 Å². The maximum absolute atomic E-state index is 13.6. The average molecular weight is 554 g/mol. The van der Waals surface area contributed by atoms with Crippen molar-refractivity contribution in [1.29, 1.82) is 5.26 Å². The molecule has 1 spiro atoms. The molecule has 5 unspecified atom stereocenters. The molecule has 0 aromatic heterocycles. The van der Waals surface area contributed by atoms with Gasteiger partial charge in [0.1, 0.15) is 18.1 Å². The summed E-state index contributed by atoms with van der Waals surface area (Å²) in [6.45, 7) is 4.14. The van der Waals surface area contributed by atoms with Gasteiger partial charge in [0.25, 0.3) is 5.92 Å². The van der Waals surface area contributed by atoms with Gasteiger partial charge in [-0.2, -0.15) is 18.4 Å². The Balaban J connectivity index is 0.00000400. The van der Waals surface area contributed by atoms with E-state index in [0.717, 1.165) is 19.3 Å². The van der Waals surface area contributed by atoms with Gasteiger partial charge >= 0.3 is 12.1 Å². The first-order valence-electron chi connectivity index (χ1n) is 12.4. The van der Waals surface area contributed by atoms with Crippen LogP contribution in [-0.2, 0) is 19.2 Å². The summed E-state index contributed by atoms with van der Waals surface area (Å²) in [7, 11) is 0. The summed E-state index contributed by atoms with van der Waals surface area (Å²) in [5.41, 5.74) is -1.41. The molecule has 0 bridgehead atoms. The summed E-state index contributed by atoms with van der Waals surface area (Å²) >= 11 is 0. The van der Waals surface area contributed by atoms with Crippen LogP contribution < -0.4 is 21.3 Å². The highest BCUT2D eigenvalue weighted by Gasteiger charge is 2.58. The number of piperidine rings is 1. The van der Waals surface area contributed by atoms with E-state index in [-0.39, 0.29) is 20.7 Å². The Morgan fingerprint density at radius 1 is 1.08 bits per heavy atom. The van der Waals surface area contributed by atoms with E-state index in [1.807, 2.05) is 6.07 Å². The molecule has 0 aromatic carbocycles. The average Bonchev–Trinajstić information content (AvgIpc) is 3.67. The van der Waals surface area contributed by atoms with Gasteiger partial charge in [0.05, 0.1) is 6.07 Å². The fourth-order valence-corrected chi connectivity index (χ4v) is 4.64. The minimum absolute atomic E-state index is 0. The van der Waals surface area contributed by atoms with Crippen molar-refractivity contribution in [3.05, 3.63) is 0 Å². The van der Waals surface area contributed by atoms with Crippen LogP contribution in [0.4, 0.5) is 22.0 Å². The number of halogens is 5. The highest BCUT2D eigenvalue weighted by Crippen LogP contribution is 2.51. The number of nitrogens with zero attached hydrogens (tertiary/aromatic N) is 1. The van der Waals surface area contributed by atoms with Crippen LogP contribution in [0.15, 0.2) is 0 Å². The predicted octanol–water partition coefficient (Wildman–Crippen LogP) is 2.56. The highest BCUT2D eigenvalue weighted by atomic mass is 19.4. The molecule has 1 heterocycles. The summed E-state index contributed by atoms with van der Waals surface area (Å²) in [4.78, 5) is 49.9. The van der Waals surface area contributed by atoms with Crippen LogP contribution in [0.3, 0.4) is 0 Å². The van der Waals surface area contributed by atoms with Gasteiger partial charge in [0, 0.05) is 26.6 Å². The lowest BCUT2D eigenvalue weighted by molar-refractivity contribution is -0.175. The number of carbonyl (C=O) groups excluding carboxylic acids is 4. The Hall–Kier alpha value is -2.98. The first kappa shape index (κ1) is 29.6. The first-order chi connectivity index (χ1) is 17.4. The molecule has 4 N–H and O–H groups in total. The van der Waals surface area contributed by atoms with Gasteiger partial charge in [0.15, 0.2) is 0 Å². The second-order valence-electron chi connectivity index (χ2n) is 11.7. The van der Waals surface area contributed by atoms with Crippen molar-refractivity contribution in [1.82, 2.24) is 21.3 Å². The zero-order chi connectivity index (χ0) is 28.7. The van der Waals surface area contributed by atoms with Crippen molar-refractivity contribution in [3.8, 4) is 6.07 Å². The van der Waals surface area contributed by atoms with Crippen LogP contribution in [0.2, 0.25) is 0 Å². The Labute approximate surface area is 219 Å². The van der Waals surface area contributed by atoms with E-state index < -0.39 is 78.0 Å². The molecule has 0 aromatic rings. The third kappa shape index (κ3) is 7.32. The van der Waals surface area contributed by atoms with Crippen molar-refractivity contribution in [2.75, 3.05) is 0 Å². The van der Waals surface area contributed by atoms with E-state index in [1.54, 1.807) is 5.32 Å². The number of nitrogens with one attached hydrogen (secondary N) is 4. The Morgan fingerprint density at radius 3 is 2.13 bits per heavy atom. The van der Waals surface area contributed by atoms with E-state index in [1.165, 1.54) is 20.8 Å². The highest BCUT2D eigenvalue weighted by molar-refractivity contribution is 5.93. The zero-order valence-electron chi connectivity index (χ0n) is 21.3. The number of alkyl halides is 5. The number of rotatable bonds is 9. The van der Waals surface area contributed by atoms with Crippen LogP contribution in [0.25, 0.3) is 0 Å². The molecule has 216 valence electrons. The molecular formula is C24H36F5N5O4. The van der Waals surface area contributed by atoms with Gasteiger partial charge in [-0.05, 0) is 43.9 Å². The molecule has 3 aliphatic rings. The molecule has 2 saturated carbocycles. The van der Waals surface area contributed by atoms with Crippen LogP contribution in [0.5, 0.6) is 0 Å². The summed E-state index contributed by atoms with van der Waals surface area (Å²) < 4.78 is 65.7. The summed E-state index contributed by atoms with van der Waals surface area (Å²) in [5, 5.41) is 18.7. The Kier molecular flexibility index (Phi) is 8.01. The molecule has 1 saturated heterocycles. The Bertz CT molecular complexity index is 1030. The molecule has 9 nitrogen and oxygen atoms in total. The molecule has 1 aliphatic heterocycles. The van der Waals surface area contributed by atoms with Gasteiger partial charge in [-0.1, -0.05) is 20.8 Å². The molecule has 3 rings (SSSR count). The second kappa shape index (κ2) is 10.3. The largest absolute Gasteiger partial charge is 0.471 e. The van der Waals surface area contributed by atoms with Gasteiger partial charge in [0.2, 0.25) is 17.7 Å². The standard InChI is InChI=1S/C24H32F5N5O4.2H2/c1-21(2,3)16(33-20(38)24(27,28)29)19(37)32-15(9-13-10-23(13,25)26)18(36)31-14(11-30)8-12-4-5-22(6-7-22)34-17(12)35;;/h12-16H,4-10H2,1-3H3,(H,31,36)(H,32,37)(H,33,38)(H,34,35);2*1H. The monoisotopic (exact) mass is 553 g/mol. The molecule has 3 fully saturated rings. The topological polar surface area (TPSA) is 140 Å². The number of hydrogen-bond acceptors (Lipinski definition) is 5. The smallest absolute Gasteiger partial charge is 0.350 e. The lowest BCUT2D eigenvalue weighted by Crippen LogP contribution is -2.60. The van der Waals surface area contributed by atoms with Crippen LogP contribution in [-0.4, -0.2) is 59.4 Å². The lowest BCUT2D eigenvalue weighted by Gasteiger charge is -2.32. The maximum Gasteiger partial charge on any atom is 0.471 e. The van der Waals surface area contributed by atoms with Crippen LogP contribution in [0.1, 0.15) is 68.6 Å². The number of carbonyl (C=O) groups is 4. The zero-order valence-corrected chi connectivity index (χ0v) is 21.3. The van der Waals surface area contributed by atoms with E-state index in [2.05, 4.69) is 16.0 Å². The number of nitriles is 1. The van der Waals surface area contributed by atoms with Gasteiger partial charge in [-0.25, -0.2) is 8.78 Å². The molecule has 2 aliphatic carbocycles. The minimum Gasteiger partial charge on any atom is -0.350 e. The lowest BCUT2D eigenvalue weighted by atomic mass is 9.85. The molecule has 4 amide bonds. The predicted molar refractivity (Wildman–Crippen MR) is 126 cm³/mol. The number of hydrogen-bond donors (Lipinski definition) is 4. The third-order valence-electron chi connectivity index (χ3n) is 7.35. The fourth-order valence-electron chi connectivity index (χ4n) is 4.64. The maximum atomic E-state index is 13.6. The van der Waals surface area contributed by atoms with Crippen molar-refractivity contribution in [2.24, 2.45) is 17.3 Å². The minimum atomic E-state index is -5.28. The summed E-state index contributed by atoms with van der Waals surface area (Å²) in [6.07, 6.45) is -3.35. The van der Waals surface area contributed by atoms with Crippen molar-refractivity contribution in [3.63, 3.8) is 0 Å². The molecule has 38 heavy (non-hydrogen) atoms. The van der Waals surface area contributed by atoms with E-state index in [0.29, 0.717) is 6.42 Å². The normalized spacial score (nSPS) is 25.7. The van der Waals surface area contributed by atoms with E-state index in [9.17, 15) is 46.4 Å². The van der Waals surface area contributed by atoms with E-state index in [4.69, 9.17) is 0 Å². The van der Waals surface area contributed by atoms with Crippen molar-refractivity contribution < 1.29 is 44.0 Å². The molecule has 14 heteroatoms. The summed E-state index contributed by atoms with van der Waals surface area (Å²) in [5.74, 6) is -9.63. The van der Waals surface area contributed by atoms with Crippen molar-refractivity contribution >= 4 is 23.6 Å². The molecule has 5 atom stereocenters. The Morgan fingerprint density at radius 2 is 1.68 bits per heavy atom. The van der Waals surface area contributed by atoms with Crippen molar-refractivity contribution in [2.45, 2.75) is 101 Å².